The van der Waals surface area contributed by atoms with Crippen LogP contribution >= 0.6 is 24.8 Å². The van der Waals surface area contributed by atoms with Crippen LogP contribution in [0.2, 0.25) is 0 Å². The number of H-pyrrole nitrogens is 1. The van der Waals surface area contributed by atoms with Crippen molar-refractivity contribution in [3.05, 3.63) is 82.8 Å². The smallest absolute Gasteiger partial charge is 0.368 e. The third-order valence-corrected chi connectivity index (χ3v) is 6.55. The van der Waals surface area contributed by atoms with Crippen molar-refractivity contribution in [2.45, 2.75) is 38.4 Å². The van der Waals surface area contributed by atoms with Crippen molar-refractivity contribution < 1.29 is 14.3 Å². The van der Waals surface area contributed by atoms with E-state index >= 15 is 0 Å². The van der Waals surface area contributed by atoms with Crippen LogP contribution in [-0.2, 0) is 9.53 Å². The van der Waals surface area contributed by atoms with Gasteiger partial charge in [-0.2, -0.15) is 22.6 Å². The molecule has 0 bridgehead atoms. The molecule has 1 aliphatic heterocycles. The Morgan fingerprint density at radius 2 is 1.87 bits per heavy atom. The SMILES string of the molecule is CCCCCOC(=S)c1ccc2c(c1)=NC(=O)N=2.Cc1cc2[nH]cnc2cc1NC(=O)C(S)c1ncccn1. The minimum Gasteiger partial charge on any atom is -0.483 e. The maximum absolute atomic E-state index is 12.2. The normalized spacial score (nSPS) is 12.4. The summed E-state index contributed by atoms with van der Waals surface area (Å²) in [4.78, 5) is 46.1. The van der Waals surface area contributed by atoms with Crippen LogP contribution in [-0.4, -0.2) is 43.5 Å². The van der Waals surface area contributed by atoms with Gasteiger partial charge in [-0.25, -0.2) is 19.7 Å². The number of rotatable bonds is 8. The highest BCUT2D eigenvalue weighted by Crippen LogP contribution is 2.24. The molecule has 4 aromatic rings. The highest BCUT2D eigenvalue weighted by atomic mass is 32.1. The van der Waals surface area contributed by atoms with Crippen LogP contribution in [0.15, 0.2) is 65.1 Å². The molecule has 39 heavy (non-hydrogen) atoms. The summed E-state index contributed by atoms with van der Waals surface area (Å²) >= 11 is 9.47. The average Bonchev–Trinajstić information content (AvgIpc) is 3.55. The van der Waals surface area contributed by atoms with E-state index in [1.54, 1.807) is 43.0 Å². The molecule has 0 saturated heterocycles. The first-order valence-electron chi connectivity index (χ1n) is 12.3. The van der Waals surface area contributed by atoms with Gasteiger partial charge in [0.2, 0.25) is 5.91 Å². The second kappa shape index (κ2) is 13.2. The summed E-state index contributed by atoms with van der Waals surface area (Å²) in [6, 6.07) is 10.3. The van der Waals surface area contributed by atoms with Gasteiger partial charge in [-0.05, 0) is 67.5 Å². The number of urea groups is 1. The molecule has 200 valence electrons. The number of hydrogen-bond donors (Lipinski definition) is 3. The van der Waals surface area contributed by atoms with Gasteiger partial charge in [0.25, 0.3) is 0 Å². The number of carbonyl (C=O) groups excluding carboxylic acids is 2. The van der Waals surface area contributed by atoms with Crippen LogP contribution in [0.5, 0.6) is 0 Å². The first-order valence-corrected chi connectivity index (χ1v) is 13.3. The Balaban J connectivity index is 0.000000183. The number of amides is 3. The van der Waals surface area contributed by atoms with E-state index in [2.05, 4.69) is 54.8 Å². The van der Waals surface area contributed by atoms with Crippen LogP contribution in [0.1, 0.15) is 48.4 Å². The number of thiol groups is 1. The molecule has 12 heteroatoms. The van der Waals surface area contributed by atoms with Crippen molar-refractivity contribution in [3.63, 3.8) is 0 Å². The molecule has 1 unspecified atom stereocenters. The summed E-state index contributed by atoms with van der Waals surface area (Å²) < 4.78 is 5.49. The van der Waals surface area contributed by atoms with Crippen molar-refractivity contribution in [2.24, 2.45) is 9.98 Å². The van der Waals surface area contributed by atoms with Crippen LogP contribution < -0.4 is 16.0 Å². The monoisotopic (exact) mass is 561 g/mol. The molecular weight excluding hydrogens is 534 g/mol. The number of anilines is 1. The second-order valence-corrected chi connectivity index (χ2v) is 9.53. The van der Waals surface area contributed by atoms with Crippen LogP contribution in [0.25, 0.3) is 11.0 Å². The van der Waals surface area contributed by atoms with Crippen molar-refractivity contribution in [1.82, 2.24) is 19.9 Å². The van der Waals surface area contributed by atoms with E-state index in [0.717, 1.165) is 41.4 Å². The lowest BCUT2D eigenvalue weighted by Gasteiger charge is -2.12. The first kappa shape index (κ1) is 28.0. The minimum atomic E-state index is -0.722. The number of fused-ring (bicyclic) bond motifs is 2. The summed E-state index contributed by atoms with van der Waals surface area (Å²) in [5.41, 5.74) is 4.14. The Bertz CT molecular complexity index is 1620. The summed E-state index contributed by atoms with van der Waals surface area (Å²) in [7, 11) is 0. The lowest BCUT2D eigenvalue weighted by Crippen LogP contribution is -2.23. The quantitative estimate of drug-likeness (QED) is 0.167. The third kappa shape index (κ3) is 7.30. The second-order valence-electron chi connectivity index (χ2n) is 8.64. The summed E-state index contributed by atoms with van der Waals surface area (Å²) in [6.07, 6.45) is 8.07. The topological polar surface area (TPSA) is 135 Å². The highest BCUT2D eigenvalue weighted by molar-refractivity contribution is 7.81. The Hall–Kier alpha value is -4.03. The Morgan fingerprint density at radius 3 is 2.64 bits per heavy atom. The fourth-order valence-electron chi connectivity index (χ4n) is 3.66. The molecule has 2 aromatic carbocycles. The predicted molar refractivity (Wildman–Crippen MR) is 155 cm³/mol. The molecular formula is C27H27N7O3S2. The number of benzene rings is 2. The van der Waals surface area contributed by atoms with Gasteiger partial charge in [-0.1, -0.05) is 19.8 Å². The van der Waals surface area contributed by atoms with E-state index in [-0.39, 0.29) is 5.91 Å². The molecule has 3 amide bonds. The number of aromatic nitrogens is 4. The van der Waals surface area contributed by atoms with E-state index in [1.165, 1.54) is 0 Å². The van der Waals surface area contributed by atoms with Crippen molar-refractivity contribution in [3.8, 4) is 0 Å². The van der Waals surface area contributed by atoms with E-state index in [0.29, 0.717) is 33.9 Å². The van der Waals surface area contributed by atoms with Gasteiger partial charge < -0.3 is 15.0 Å². The Labute approximate surface area is 235 Å². The summed E-state index contributed by atoms with van der Waals surface area (Å²) in [5, 5.41) is 3.73. The van der Waals surface area contributed by atoms with Crippen molar-refractivity contribution in [1.29, 1.82) is 0 Å². The van der Waals surface area contributed by atoms with Gasteiger partial charge in [0.05, 0.1) is 34.7 Å². The average molecular weight is 562 g/mol. The molecule has 3 heterocycles. The van der Waals surface area contributed by atoms with Crippen LogP contribution in [0, 0.1) is 6.92 Å². The summed E-state index contributed by atoms with van der Waals surface area (Å²) in [6.45, 7) is 4.69. The largest absolute Gasteiger partial charge is 0.483 e. The third-order valence-electron chi connectivity index (χ3n) is 5.73. The molecule has 1 atom stereocenters. The molecule has 5 rings (SSSR count). The Kier molecular flexibility index (Phi) is 9.45. The molecule has 0 saturated carbocycles. The number of ether oxygens (including phenoxy) is 1. The van der Waals surface area contributed by atoms with Crippen molar-refractivity contribution >= 4 is 58.6 Å². The van der Waals surface area contributed by atoms with E-state index in [4.69, 9.17) is 17.0 Å². The number of nitrogens with one attached hydrogen (secondary N) is 2. The molecule has 0 spiro atoms. The number of unbranched alkanes of at least 4 members (excludes halogenated alkanes) is 2. The van der Waals surface area contributed by atoms with Crippen molar-refractivity contribution in [2.75, 3.05) is 11.9 Å². The molecule has 0 radical (unpaired) electrons. The van der Waals surface area contributed by atoms with Gasteiger partial charge in [0.15, 0.2) is 5.05 Å². The number of nitrogens with zero attached hydrogens (tertiary/aromatic N) is 5. The zero-order valence-electron chi connectivity index (χ0n) is 21.4. The number of hydrogen-bond acceptors (Lipinski definition) is 8. The zero-order chi connectivity index (χ0) is 27.8. The predicted octanol–water partition coefficient (Wildman–Crippen LogP) is 4.21. The zero-order valence-corrected chi connectivity index (χ0v) is 23.1. The number of aromatic amines is 1. The molecule has 0 fully saturated rings. The molecule has 10 nitrogen and oxygen atoms in total. The van der Waals surface area contributed by atoms with Gasteiger partial charge in [-0.15, -0.1) is 0 Å². The number of imidazole rings is 1. The lowest BCUT2D eigenvalue weighted by atomic mass is 10.1. The molecule has 1 aliphatic rings. The van der Waals surface area contributed by atoms with Gasteiger partial charge in [0, 0.05) is 23.6 Å². The highest BCUT2D eigenvalue weighted by Gasteiger charge is 2.19. The lowest BCUT2D eigenvalue weighted by molar-refractivity contribution is -0.115. The first-order chi connectivity index (χ1) is 18.9. The van der Waals surface area contributed by atoms with Crippen LogP contribution in [0.3, 0.4) is 0 Å². The minimum absolute atomic E-state index is 0.275. The van der Waals surface area contributed by atoms with Crippen LogP contribution in [0.4, 0.5) is 10.5 Å². The standard InChI is InChI=1S/C14H13N5OS.C13H14N2O2S/c1-8-5-10-11(18-7-17-10)6-9(8)19-14(20)12(21)13-15-3-2-4-16-13;1-2-3-4-7-17-12(18)9-5-6-10-11(8-9)15-13(16)14-10/h2-7,12,21H,1H3,(H,17,18)(H,19,20);5-6,8H,2-4,7H2,1H3. The number of aryl methyl sites for hydroxylation is 1. The summed E-state index contributed by atoms with van der Waals surface area (Å²) in [5.74, 6) is 0.0966. The van der Waals surface area contributed by atoms with E-state index in [9.17, 15) is 9.59 Å². The Morgan fingerprint density at radius 1 is 1.10 bits per heavy atom. The van der Waals surface area contributed by atoms with E-state index in [1.807, 2.05) is 19.1 Å². The fraction of sp³-hybridized carbons (Fsp3) is 0.259. The molecule has 2 aromatic heterocycles. The fourth-order valence-corrected chi connectivity index (χ4v) is 4.07. The number of thiocarbonyl (C=S) groups is 1. The molecule has 2 N–H and O–H groups in total. The van der Waals surface area contributed by atoms with Gasteiger partial charge in [-0.3, -0.25) is 4.79 Å². The maximum atomic E-state index is 12.2. The number of carbonyl (C=O) groups is 2. The van der Waals surface area contributed by atoms with Gasteiger partial charge >= 0.3 is 6.03 Å². The van der Waals surface area contributed by atoms with E-state index < -0.39 is 11.3 Å². The maximum Gasteiger partial charge on any atom is 0.368 e. The van der Waals surface area contributed by atoms with Gasteiger partial charge in [0.1, 0.15) is 11.1 Å². The molecule has 0 aliphatic carbocycles.